The molecule has 97 heavy (non-hydrogen) atoms. The summed E-state index contributed by atoms with van der Waals surface area (Å²) in [6.45, 7) is 25.5. The highest BCUT2D eigenvalue weighted by Crippen LogP contribution is 2.60. The molecule has 0 aliphatic carbocycles. The minimum absolute atomic E-state index is 0.0508. The van der Waals surface area contributed by atoms with E-state index in [9.17, 15) is 66.7 Å². The van der Waals surface area contributed by atoms with Gasteiger partial charge in [0.15, 0.2) is 0 Å². The van der Waals surface area contributed by atoms with Gasteiger partial charge in [-0.25, -0.2) is 0 Å². The van der Waals surface area contributed by atoms with Crippen molar-refractivity contribution in [3.05, 3.63) is 0 Å². The van der Waals surface area contributed by atoms with E-state index >= 15 is 0 Å². The zero-order valence-corrected chi connectivity index (χ0v) is 56.9. The Morgan fingerprint density at radius 3 is 0.691 bits per heavy atom. The van der Waals surface area contributed by atoms with Crippen molar-refractivity contribution in [1.82, 2.24) is 0 Å². The number of esters is 2. The van der Waals surface area contributed by atoms with Crippen molar-refractivity contribution in [2.75, 3.05) is 278 Å². The van der Waals surface area contributed by atoms with Gasteiger partial charge in [0, 0.05) is 7.11 Å². The smallest absolute Gasteiger partial charge is 0.460 e. The highest BCUT2D eigenvalue weighted by molar-refractivity contribution is 5.75. The average Bonchev–Trinajstić information content (AvgIpc) is 0.714. The zero-order valence-electron chi connectivity index (χ0n) is 56.9. The molecule has 0 aromatic heterocycles. The van der Waals surface area contributed by atoms with Crippen LogP contribution in [0.1, 0.15) is 53.9 Å². The van der Waals surface area contributed by atoms with Crippen molar-refractivity contribution in [2.24, 2.45) is 11.3 Å². The molecule has 0 saturated heterocycles. The van der Waals surface area contributed by atoms with E-state index in [0.717, 1.165) is 6.42 Å². The number of hydrogen-bond acceptors (Lipinski definition) is 24. The molecule has 1 atom stereocenters. The lowest BCUT2D eigenvalue weighted by atomic mass is 9.90. The summed E-state index contributed by atoms with van der Waals surface area (Å²) in [4.78, 5) is 23.0. The van der Waals surface area contributed by atoms with Crippen LogP contribution in [0.15, 0.2) is 0 Å². The summed E-state index contributed by atoms with van der Waals surface area (Å²) in [7, 11) is 1.64. The zero-order chi connectivity index (χ0) is 72.9. The molecule has 0 saturated carbocycles. The van der Waals surface area contributed by atoms with E-state index in [4.69, 9.17) is 99.5 Å². The Kier molecular flexibility index (Phi) is 60.3. The van der Waals surface area contributed by atoms with Gasteiger partial charge in [-0.3, -0.25) is 9.59 Å². The molecule has 24 nitrogen and oxygen atoms in total. The van der Waals surface area contributed by atoms with Crippen LogP contribution in [0.5, 0.6) is 0 Å². The van der Waals surface area contributed by atoms with Crippen molar-refractivity contribution in [2.45, 2.75) is 89.7 Å². The van der Waals surface area contributed by atoms with E-state index in [1.54, 1.807) is 7.11 Å². The van der Waals surface area contributed by atoms with Gasteiger partial charge >= 0.3 is 47.7 Å². The van der Waals surface area contributed by atoms with Crippen LogP contribution in [0.4, 0.5) is 57.1 Å². The quantitative estimate of drug-likeness (QED) is 0.0323. The molecule has 0 bridgehead atoms. The van der Waals surface area contributed by atoms with E-state index in [2.05, 4.69) is 4.74 Å². The predicted octanol–water partition coefficient (Wildman–Crippen LogP) is 7.63. The van der Waals surface area contributed by atoms with Crippen molar-refractivity contribution in [1.29, 1.82) is 0 Å². The standard InChI is InChI=1S/C46H92O22.C14H15F13O2/c1-4-45(2)46(47)68-44-43-67-42-41-66-40-39-65-38-37-64-36-35-63-34-33-62-32-31-61-30-29-60-28-27-59-26-25-58-24-23-57-22-21-56-20-19-55-18-17-54-16-15-53-14-13-52-12-11-51-10-9-50-8-7-49-6-5-48-3;1-4-8(2,3)7(28)29-6-5-9(15,16)10(17,18)11(19,20)12(21,22)13(23,24)14(25,26)27/h45H,4-44H2,1-3H3;4-6H2,1-3H3. The van der Waals surface area contributed by atoms with Crippen molar-refractivity contribution in [3.63, 3.8) is 0 Å². The molecule has 1 unspecified atom stereocenters. The van der Waals surface area contributed by atoms with Gasteiger partial charge < -0.3 is 104 Å². The number of hydrogen-bond donors (Lipinski definition) is 0. The molecule has 0 aliphatic rings. The van der Waals surface area contributed by atoms with Crippen LogP contribution in [0.2, 0.25) is 0 Å². The Morgan fingerprint density at radius 1 is 0.289 bits per heavy atom. The van der Waals surface area contributed by atoms with Gasteiger partial charge in [-0.2, -0.15) is 57.1 Å². The van der Waals surface area contributed by atoms with E-state index < -0.39 is 60.2 Å². The fraction of sp³-hybridized carbons (Fsp3) is 0.967. The van der Waals surface area contributed by atoms with E-state index in [0.29, 0.717) is 258 Å². The molecule has 37 heteroatoms. The Balaban J connectivity index is 0. The molecule has 0 aromatic carbocycles. The van der Waals surface area contributed by atoms with Gasteiger partial charge in [0.05, 0.1) is 282 Å². The second kappa shape index (κ2) is 60.8. The van der Waals surface area contributed by atoms with Crippen LogP contribution in [0.25, 0.3) is 0 Å². The van der Waals surface area contributed by atoms with Gasteiger partial charge in [0.1, 0.15) is 6.61 Å². The second-order valence-corrected chi connectivity index (χ2v) is 20.7. The third-order valence-electron chi connectivity index (χ3n) is 12.7. The maximum absolute atomic E-state index is 13.5. The van der Waals surface area contributed by atoms with Crippen LogP contribution < -0.4 is 0 Å². The van der Waals surface area contributed by atoms with Crippen molar-refractivity contribution < 1.29 is 171 Å². The maximum atomic E-state index is 13.5. The van der Waals surface area contributed by atoms with Crippen LogP contribution in [0.3, 0.4) is 0 Å². The normalized spacial score (nSPS) is 13.1. The lowest BCUT2D eigenvalue weighted by Gasteiger charge is -2.39. The van der Waals surface area contributed by atoms with Crippen LogP contribution in [-0.2, 0) is 114 Å². The van der Waals surface area contributed by atoms with E-state index in [1.807, 2.05) is 13.8 Å². The third-order valence-corrected chi connectivity index (χ3v) is 12.7. The van der Waals surface area contributed by atoms with Crippen LogP contribution >= 0.6 is 0 Å². The van der Waals surface area contributed by atoms with Crippen LogP contribution in [0, 0.1) is 11.3 Å². The SMILES string of the molecule is CCC(C)(C)C(=O)OCCC(F)(F)C(F)(F)C(F)(F)C(F)(F)C(F)(F)C(F)(F)F.CCC(C)C(=O)OCCOCCOCCOCCOCCOCCOCCOCCOCCOCCOCCOCCOCCOCCOCCOCCOCCOCCOCCOCCOC. The molecule has 0 spiro atoms. The molecule has 582 valence electrons. The highest BCUT2D eigenvalue weighted by atomic mass is 19.4. The largest absolute Gasteiger partial charge is 0.465 e. The fourth-order valence-electron chi connectivity index (χ4n) is 6.28. The summed E-state index contributed by atoms with van der Waals surface area (Å²) >= 11 is 0. The minimum atomic E-state index is -7.94. The number of alkyl halides is 13. The molecular weight excluding hydrogens is 1350 g/mol. The van der Waals surface area contributed by atoms with Crippen molar-refractivity contribution in [3.8, 4) is 0 Å². The molecule has 0 aliphatic heterocycles. The lowest BCUT2D eigenvalue weighted by Crippen LogP contribution is -2.70. The summed E-state index contributed by atoms with van der Waals surface area (Å²) in [5.41, 5.74) is -1.33. The first-order valence-corrected chi connectivity index (χ1v) is 31.9. The van der Waals surface area contributed by atoms with Gasteiger partial charge in [0.25, 0.3) is 0 Å². The molecule has 0 fully saturated rings. The predicted molar refractivity (Wildman–Crippen MR) is 318 cm³/mol. The topological polar surface area (TPSA) is 237 Å². The summed E-state index contributed by atoms with van der Waals surface area (Å²) in [6, 6.07) is 0. The number of ether oxygens (including phenoxy) is 22. The van der Waals surface area contributed by atoms with Gasteiger partial charge in [-0.1, -0.05) is 20.8 Å². The van der Waals surface area contributed by atoms with Gasteiger partial charge in [0.2, 0.25) is 0 Å². The molecule has 0 amide bonds. The average molecular weight is 1460 g/mol. The third kappa shape index (κ3) is 48.7. The molecule has 0 heterocycles. The monoisotopic (exact) mass is 1460 g/mol. The number of carbonyl (C=O) groups excluding carboxylic acids is 2. The molecular formula is C60H107F13O24. The number of halogens is 13. The Bertz CT molecular complexity index is 1790. The first-order chi connectivity index (χ1) is 46.2. The highest BCUT2D eigenvalue weighted by Gasteiger charge is 2.90. The van der Waals surface area contributed by atoms with Gasteiger partial charge in [-0.15, -0.1) is 0 Å². The minimum Gasteiger partial charge on any atom is -0.465 e. The summed E-state index contributed by atoms with van der Waals surface area (Å²) in [5.74, 6) is -38.7. The Labute approximate surface area is 560 Å². The Morgan fingerprint density at radius 2 is 0.495 bits per heavy atom. The van der Waals surface area contributed by atoms with Gasteiger partial charge in [-0.05, 0) is 26.7 Å². The number of methoxy groups -OCH3 is 1. The molecule has 0 N–H and O–H groups in total. The summed E-state index contributed by atoms with van der Waals surface area (Å²) in [6.07, 6.45) is -9.20. The molecule has 0 rings (SSSR count). The molecule has 0 aromatic rings. The first kappa shape index (κ1) is 96.3. The Hall–Kier alpha value is -2.77. The fourth-order valence-corrected chi connectivity index (χ4v) is 6.28. The van der Waals surface area contributed by atoms with E-state index in [-0.39, 0.29) is 24.9 Å². The second-order valence-electron chi connectivity index (χ2n) is 20.7. The summed E-state index contributed by atoms with van der Waals surface area (Å²) < 4.78 is 286. The van der Waals surface area contributed by atoms with E-state index in [1.165, 1.54) is 20.8 Å². The number of carbonyl (C=O) groups is 2. The van der Waals surface area contributed by atoms with Crippen LogP contribution in [-0.4, -0.2) is 326 Å². The lowest BCUT2D eigenvalue weighted by molar-refractivity contribution is -0.440. The first-order valence-electron chi connectivity index (χ1n) is 31.9. The maximum Gasteiger partial charge on any atom is 0.460 e. The van der Waals surface area contributed by atoms with Crippen molar-refractivity contribution >= 4 is 11.9 Å². The number of rotatable bonds is 71. The molecule has 0 radical (unpaired) electrons. The summed E-state index contributed by atoms with van der Waals surface area (Å²) in [5, 5.41) is 0.